The zero-order valence-corrected chi connectivity index (χ0v) is 18.5. The van der Waals surface area contributed by atoms with Gasteiger partial charge in [-0.25, -0.2) is 15.0 Å². The lowest BCUT2D eigenvalue weighted by Crippen LogP contribution is -2.47. The van der Waals surface area contributed by atoms with Crippen LogP contribution >= 0.6 is 22.9 Å². The van der Waals surface area contributed by atoms with Gasteiger partial charge in [0.25, 0.3) is 0 Å². The van der Waals surface area contributed by atoms with E-state index in [1.165, 1.54) is 22.2 Å². The van der Waals surface area contributed by atoms with Crippen molar-refractivity contribution >= 4 is 44.8 Å². The van der Waals surface area contributed by atoms with E-state index in [2.05, 4.69) is 19.8 Å². The number of hydrogen-bond acceptors (Lipinski definition) is 7. The molecule has 0 radical (unpaired) electrons. The molecule has 156 valence electrons. The van der Waals surface area contributed by atoms with Crippen molar-refractivity contribution in [2.24, 2.45) is 0 Å². The van der Waals surface area contributed by atoms with Crippen LogP contribution in [0.25, 0.3) is 21.6 Å². The van der Waals surface area contributed by atoms with Crippen molar-refractivity contribution in [2.45, 2.75) is 19.3 Å². The maximum Gasteiger partial charge on any atom is 0.164 e. The number of pyridine rings is 2. The molecular weight excluding hydrogens is 428 g/mol. The number of aromatic nitrogens is 4. The molecule has 6 rings (SSSR count). The Kier molecular flexibility index (Phi) is 4.73. The molecule has 6 nitrogen and oxygen atoms in total. The summed E-state index contributed by atoms with van der Waals surface area (Å²) in [7, 11) is 0. The molecule has 31 heavy (non-hydrogen) atoms. The molecule has 1 fully saturated rings. The number of aryl methyl sites for hydroxylation is 2. The highest BCUT2D eigenvalue weighted by Gasteiger charge is 2.27. The molecule has 0 spiro atoms. The first-order valence-corrected chi connectivity index (χ1v) is 11.8. The van der Waals surface area contributed by atoms with Gasteiger partial charge in [0.1, 0.15) is 16.5 Å². The molecule has 4 aromatic heterocycles. The fraction of sp³-hybridized carbons (Fsp3) is 0.304. The lowest BCUT2D eigenvalue weighted by molar-refractivity contribution is 0.643. The SMILES string of the molecule is Clc1ccc(N2CCN(c3nc(-c4cccnc4)nc4sc5c(c34)CCC5)CC2)nc1. The van der Waals surface area contributed by atoms with Gasteiger partial charge in [-0.3, -0.25) is 4.98 Å². The summed E-state index contributed by atoms with van der Waals surface area (Å²) in [5.41, 5.74) is 2.43. The summed E-state index contributed by atoms with van der Waals surface area (Å²) in [4.78, 5) is 26.1. The summed E-state index contributed by atoms with van der Waals surface area (Å²) >= 11 is 7.84. The van der Waals surface area contributed by atoms with E-state index in [-0.39, 0.29) is 0 Å². The van der Waals surface area contributed by atoms with E-state index in [0.717, 1.165) is 66.9 Å². The first kappa shape index (κ1) is 19.0. The molecule has 0 saturated carbocycles. The summed E-state index contributed by atoms with van der Waals surface area (Å²) in [5, 5.41) is 1.93. The zero-order chi connectivity index (χ0) is 20.8. The number of thiophene rings is 1. The van der Waals surface area contributed by atoms with Crippen molar-refractivity contribution in [3.8, 4) is 11.4 Å². The van der Waals surface area contributed by atoms with Crippen molar-refractivity contribution in [3.63, 3.8) is 0 Å². The van der Waals surface area contributed by atoms with E-state index < -0.39 is 0 Å². The van der Waals surface area contributed by atoms with Crippen molar-refractivity contribution in [3.05, 3.63) is 58.3 Å². The molecule has 5 heterocycles. The maximum absolute atomic E-state index is 6.00. The summed E-state index contributed by atoms with van der Waals surface area (Å²) in [5.74, 6) is 2.81. The number of hydrogen-bond donors (Lipinski definition) is 0. The van der Waals surface area contributed by atoms with Crippen LogP contribution in [0.5, 0.6) is 0 Å². The largest absolute Gasteiger partial charge is 0.353 e. The minimum absolute atomic E-state index is 0.667. The smallest absolute Gasteiger partial charge is 0.164 e. The van der Waals surface area contributed by atoms with E-state index in [4.69, 9.17) is 21.6 Å². The highest BCUT2D eigenvalue weighted by Crippen LogP contribution is 2.41. The quantitative estimate of drug-likeness (QED) is 0.456. The number of piperazine rings is 1. The van der Waals surface area contributed by atoms with Gasteiger partial charge in [-0.2, -0.15) is 0 Å². The van der Waals surface area contributed by atoms with Gasteiger partial charge in [0.2, 0.25) is 0 Å². The first-order valence-electron chi connectivity index (χ1n) is 10.6. The van der Waals surface area contributed by atoms with Crippen LogP contribution in [0, 0.1) is 0 Å². The second-order valence-corrected chi connectivity index (χ2v) is 9.48. The number of halogens is 1. The van der Waals surface area contributed by atoms with E-state index >= 15 is 0 Å². The summed E-state index contributed by atoms with van der Waals surface area (Å²) in [6.07, 6.45) is 8.87. The van der Waals surface area contributed by atoms with Gasteiger partial charge in [-0.05, 0) is 49.1 Å². The van der Waals surface area contributed by atoms with Gasteiger partial charge in [-0.1, -0.05) is 11.6 Å². The highest BCUT2D eigenvalue weighted by atomic mass is 35.5. The van der Waals surface area contributed by atoms with E-state index in [0.29, 0.717) is 5.02 Å². The molecule has 2 aliphatic rings. The van der Waals surface area contributed by atoms with Crippen LogP contribution in [0.15, 0.2) is 42.9 Å². The van der Waals surface area contributed by atoms with Crippen LogP contribution in [0.4, 0.5) is 11.6 Å². The normalized spacial score (nSPS) is 16.2. The molecule has 4 aromatic rings. The molecule has 1 aliphatic carbocycles. The monoisotopic (exact) mass is 448 g/mol. The molecule has 0 aromatic carbocycles. The van der Waals surface area contributed by atoms with Crippen LogP contribution in [-0.4, -0.2) is 46.1 Å². The molecule has 0 bridgehead atoms. The summed E-state index contributed by atoms with van der Waals surface area (Å²) in [6, 6.07) is 7.87. The van der Waals surface area contributed by atoms with Crippen molar-refractivity contribution < 1.29 is 0 Å². The number of fused-ring (bicyclic) bond motifs is 3. The van der Waals surface area contributed by atoms with Gasteiger partial charge in [0.05, 0.1) is 10.4 Å². The number of anilines is 2. The average molecular weight is 449 g/mol. The summed E-state index contributed by atoms with van der Waals surface area (Å²) in [6.45, 7) is 3.59. The Morgan fingerprint density at radius 3 is 2.58 bits per heavy atom. The molecule has 0 amide bonds. The average Bonchev–Trinajstić information content (AvgIpc) is 3.41. The maximum atomic E-state index is 6.00. The lowest BCUT2D eigenvalue weighted by atomic mass is 10.1. The highest BCUT2D eigenvalue weighted by molar-refractivity contribution is 7.19. The zero-order valence-electron chi connectivity index (χ0n) is 17.0. The summed E-state index contributed by atoms with van der Waals surface area (Å²) < 4.78 is 0. The predicted octanol–water partition coefficient (Wildman–Crippen LogP) is 4.62. The van der Waals surface area contributed by atoms with Crippen molar-refractivity contribution in [1.82, 2.24) is 19.9 Å². The fourth-order valence-corrected chi connectivity index (χ4v) is 5.90. The Hall–Kier alpha value is -2.77. The number of rotatable bonds is 3. The Balaban J connectivity index is 1.37. The molecule has 1 aliphatic heterocycles. The fourth-order valence-electron chi connectivity index (χ4n) is 4.53. The van der Waals surface area contributed by atoms with Gasteiger partial charge in [0, 0.05) is 55.2 Å². The Morgan fingerprint density at radius 1 is 0.935 bits per heavy atom. The van der Waals surface area contributed by atoms with Gasteiger partial charge in [0.15, 0.2) is 5.82 Å². The minimum atomic E-state index is 0.667. The van der Waals surface area contributed by atoms with Gasteiger partial charge in [-0.15, -0.1) is 11.3 Å². The Morgan fingerprint density at radius 2 is 1.81 bits per heavy atom. The van der Waals surface area contributed by atoms with Gasteiger partial charge < -0.3 is 9.80 Å². The minimum Gasteiger partial charge on any atom is -0.353 e. The Bertz CT molecular complexity index is 1230. The lowest BCUT2D eigenvalue weighted by Gasteiger charge is -2.36. The van der Waals surface area contributed by atoms with Crippen LogP contribution in [0.2, 0.25) is 5.02 Å². The van der Waals surface area contributed by atoms with E-state index in [1.807, 2.05) is 41.8 Å². The molecule has 0 atom stereocenters. The second kappa shape index (κ2) is 7.73. The Labute approximate surface area is 189 Å². The topological polar surface area (TPSA) is 58.0 Å². The third kappa shape index (κ3) is 3.42. The molecule has 8 heteroatoms. The van der Waals surface area contributed by atoms with E-state index in [9.17, 15) is 0 Å². The molecular formula is C23H21ClN6S. The van der Waals surface area contributed by atoms with Gasteiger partial charge >= 0.3 is 0 Å². The van der Waals surface area contributed by atoms with Crippen molar-refractivity contribution in [2.75, 3.05) is 36.0 Å². The predicted molar refractivity (Wildman–Crippen MR) is 126 cm³/mol. The standard InChI is InChI=1S/C23H21ClN6S/c24-16-6-7-19(26-14-16)29-9-11-30(12-10-29)22-20-17-4-1-5-18(17)31-23(20)28-21(27-22)15-3-2-8-25-13-15/h2-3,6-8,13-14H,1,4-5,9-12H2. The van der Waals surface area contributed by atoms with Crippen LogP contribution in [-0.2, 0) is 12.8 Å². The molecule has 1 saturated heterocycles. The van der Waals surface area contributed by atoms with Crippen LogP contribution < -0.4 is 9.80 Å². The third-order valence-corrected chi connectivity index (χ3v) is 7.49. The first-order chi connectivity index (χ1) is 15.3. The third-order valence-electron chi connectivity index (χ3n) is 6.08. The number of nitrogens with zero attached hydrogens (tertiary/aromatic N) is 6. The van der Waals surface area contributed by atoms with Crippen molar-refractivity contribution in [1.29, 1.82) is 0 Å². The second-order valence-electron chi connectivity index (χ2n) is 7.96. The van der Waals surface area contributed by atoms with Crippen LogP contribution in [0.3, 0.4) is 0 Å². The van der Waals surface area contributed by atoms with E-state index in [1.54, 1.807) is 12.4 Å². The molecule has 0 unspecified atom stereocenters. The van der Waals surface area contributed by atoms with Crippen LogP contribution in [0.1, 0.15) is 16.9 Å². The molecule has 0 N–H and O–H groups in total.